The summed E-state index contributed by atoms with van der Waals surface area (Å²) in [5, 5.41) is 10.2. The van der Waals surface area contributed by atoms with E-state index >= 15 is 0 Å². The van der Waals surface area contributed by atoms with Gasteiger partial charge in [-0.3, -0.25) is 4.79 Å². The number of furan rings is 1. The molecule has 0 spiro atoms. The maximum Gasteiger partial charge on any atom is 0.254 e. The first kappa shape index (κ1) is 11.8. The molecule has 1 aliphatic carbocycles. The molecule has 3 rings (SSSR count). The lowest BCUT2D eigenvalue weighted by Gasteiger charge is -2.42. The number of nitrogens with zero attached hydrogens (tertiary/aromatic N) is 1. The van der Waals surface area contributed by atoms with E-state index in [1.54, 1.807) is 24.3 Å². The van der Waals surface area contributed by atoms with Crippen LogP contribution in [-0.4, -0.2) is 34.6 Å². The van der Waals surface area contributed by atoms with Gasteiger partial charge in [-0.15, -0.1) is 0 Å². The zero-order valence-electron chi connectivity index (χ0n) is 10.6. The van der Waals surface area contributed by atoms with E-state index in [4.69, 9.17) is 4.42 Å². The van der Waals surface area contributed by atoms with Crippen LogP contribution in [0.2, 0.25) is 0 Å². The van der Waals surface area contributed by atoms with Gasteiger partial charge in [-0.25, -0.2) is 0 Å². The molecule has 1 N–H and O–H groups in total. The minimum atomic E-state index is -1.14. The Hall–Kier alpha value is -1.29. The Morgan fingerprint density at radius 1 is 1.56 bits per heavy atom. The molecule has 98 valence electrons. The summed E-state index contributed by atoms with van der Waals surface area (Å²) in [6.07, 6.45) is 6.33. The van der Waals surface area contributed by atoms with E-state index in [0.29, 0.717) is 5.92 Å². The molecule has 1 saturated heterocycles. The van der Waals surface area contributed by atoms with E-state index in [-0.39, 0.29) is 11.8 Å². The van der Waals surface area contributed by atoms with E-state index in [0.717, 1.165) is 32.4 Å². The number of carbonyl (C=O) groups is 1. The van der Waals surface area contributed by atoms with Gasteiger partial charge < -0.3 is 14.4 Å². The van der Waals surface area contributed by atoms with Crippen molar-refractivity contribution in [2.45, 2.75) is 31.8 Å². The summed E-state index contributed by atoms with van der Waals surface area (Å²) in [7, 11) is 0. The van der Waals surface area contributed by atoms with Crippen molar-refractivity contribution in [3.8, 4) is 0 Å². The van der Waals surface area contributed by atoms with Crippen molar-refractivity contribution in [3.63, 3.8) is 0 Å². The smallest absolute Gasteiger partial charge is 0.254 e. The van der Waals surface area contributed by atoms with E-state index in [1.165, 1.54) is 5.56 Å². The van der Waals surface area contributed by atoms with Gasteiger partial charge in [-0.2, -0.15) is 0 Å². The normalized spacial score (nSPS) is 23.6. The number of hydrogen-bond donors (Lipinski definition) is 1. The zero-order valence-corrected chi connectivity index (χ0v) is 10.6. The zero-order chi connectivity index (χ0) is 12.8. The molecular formula is C14H19NO3. The Morgan fingerprint density at radius 2 is 2.28 bits per heavy atom. The van der Waals surface area contributed by atoms with Crippen LogP contribution in [-0.2, 0) is 11.2 Å². The van der Waals surface area contributed by atoms with Gasteiger partial charge in [0.1, 0.15) is 5.60 Å². The van der Waals surface area contributed by atoms with Crippen molar-refractivity contribution in [2.24, 2.45) is 11.8 Å². The molecule has 18 heavy (non-hydrogen) atoms. The average molecular weight is 249 g/mol. The van der Waals surface area contributed by atoms with Crippen LogP contribution in [0.4, 0.5) is 0 Å². The van der Waals surface area contributed by atoms with Gasteiger partial charge >= 0.3 is 0 Å². The summed E-state index contributed by atoms with van der Waals surface area (Å²) in [6, 6.07) is 1.96. The number of carbonyl (C=O) groups excluding carboxylic acids is 1. The third-order valence-corrected chi connectivity index (χ3v) is 4.15. The summed E-state index contributed by atoms with van der Waals surface area (Å²) >= 11 is 0. The van der Waals surface area contributed by atoms with Gasteiger partial charge in [-0.1, -0.05) is 0 Å². The number of hydrogen-bond acceptors (Lipinski definition) is 3. The lowest BCUT2D eigenvalue weighted by atomic mass is 9.89. The van der Waals surface area contributed by atoms with Crippen molar-refractivity contribution >= 4 is 5.91 Å². The molecule has 1 aliphatic heterocycles. The van der Waals surface area contributed by atoms with Crippen LogP contribution in [0, 0.1) is 11.8 Å². The lowest BCUT2D eigenvalue weighted by molar-refractivity contribution is -0.158. The molecule has 4 heteroatoms. The summed E-state index contributed by atoms with van der Waals surface area (Å²) in [4.78, 5) is 13.9. The van der Waals surface area contributed by atoms with Crippen molar-refractivity contribution in [3.05, 3.63) is 24.2 Å². The fourth-order valence-electron chi connectivity index (χ4n) is 2.75. The van der Waals surface area contributed by atoms with Crippen LogP contribution in [0.25, 0.3) is 0 Å². The van der Waals surface area contributed by atoms with Crippen LogP contribution in [0.5, 0.6) is 0 Å². The van der Waals surface area contributed by atoms with Crippen LogP contribution in [0.15, 0.2) is 23.0 Å². The Bertz CT molecular complexity index is 428. The molecule has 1 aromatic rings. The van der Waals surface area contributed by atoms with Gasteiger partial charge in [0.2, 0.25) is 0 Å². The van der Waals surface area contributed by atoms with Gasteiger partial charge in [0.25, 0.3) is 5.91 Å². The average Bonchev–Trinajstić information content (AvgIpc) is 3.02. The second-order valence-corrected chi connectivity index (χ2v) is 5.83. The van der Waals surface area contributed by atoms with Gasteiger partial charge in [0.15, 0.2) is 0 Å². The molecule has 2 fully saturated rings. The highest BCUT2D eigenvalue weighted by Crippen LogP contribution is 2.41. The van der Waals surface area contributed by atoms with E-state index in [9.17, 15) is 9.90 Å². The van der Waals surface area contributed by atoms with E-state index < -0.39 is 5.60 Å². The molecule has 2 heterocycles. The monoisotopic (exact) mass is 249 g/mol. The number of amides is 1. The largest absolute Gasteiger partial charge is 0.472 e. The predicted octanol–water partition coefficient (Wildman–Crippen LogP) is 1.44. The van der Waals surface area contributed by atoms with E-state index in [1.807, 2.05) is 6.07 Å². The van der Waals surface area contributed by atoms with Crippen LogP contribution < -0.4 is 0 Å². The second-order valence-electron chi connectivity index (χ2n) is 5.83. The molecule has 1 aromatic heterocycles. The molecule has 2 aliphatic rings. The molecule has 1 atom stereocenters. The molecule has 1 amide bonds. The summed E-state index contributed by atoms with van der Waals surface area (Å²) in [6.45, 7) is 3.18. The van der Waals surface area contributed by atoms with Crippen LogP contribution in [0.1, 0.15) is 25.3 Å². The van der Waals surface area contributed by atoms with Gasteiger partial charge in [0.05, 0.1) is 12.5 Å². The van der Waals surface area contributed by atoms with Crippen molar-refractivity contribution in [2.75, 3.05) is 13.1 Å². The minimum Gasteiger partial charge on any atom is -0.472 e. The van der Waals surface area contributed by atoms with Crippen molar-refractivity contribution < 1.29 is 14.3 Å². The molecule has 0 bridgehead atoms. The van der Waals surface area contributed by atoms with Crippen LogP contribution in [0.3, 0.4) is 0 Å². The fraction of sp³-hybridized carbons (Fsp3) is 0.643. The number of rotatable bonds is 4. The Kier molecular flexibility index (Phi) is 2.70. The standard InChI is InChI=1S/C14H19NO3/c1-14(17,12-2-3-12)13(16)15-7-11(8-15)6-10-4-5-18-9-10/h4-5,9,11-12,17H,2-3,6-8H2,1H3. The third kappa shape index (κ3) is 2.05. The highest BCUT2D eigenvalue weighted by molar-refractivity contribution is 5.86. The number of aliphatic hydroxyl groups is 1. The fourth-order valence-corrected chi connectivity index (χ4v) is 2.75. The summed E-state index contributed by atoms with van der Waals surface area (Å²) in [5.41, 5.74) is 0.0432. The Morgan fingerprint density at radius 3 is 2.83 bits per heavy atom. The molecular weight excluding hydrogens is 230 g/mol. The highest BCUT2D eigenvalue weighted by atomic mass is 16.3. The minimum absolute atomic E-state index is 0.0894. The molecule has 1 unspecified atom stereocenters. The van der Waals surface area contributed by atoms with Crippen LogP contribution >= 0.6 is 0 Å². The molecule has 4 nitrogen and oxygen atoms in total. The third-order valence-electron chi connectivity index (χ3n) is 4.15. The first-order valence-corrected chi connectivity index (χ1v) is 6.60. The predicted molar refractivity (Wildman–Crippen MR) is 65.8 cm³/mol. The first-order valence-electron chi connectivity index (χ1n) is 6.60. The first-order chi connectivity index (χ1) is 8.57. The maximum absolute atomic E-state index is 12.1. The highest BCUT2D eigenvalue weighted by Gasteiger charge is 2.49. The molecule has 0 radical (unpaired) electrons. The van der Waals surface area contributed by atoms with Gasteiger partial charge in [0, 0.05) is 13.1 Å². The van der Waals surface area contributed by atoms with E-state index in [2.05, 4.69) is 0 Å². The lowest BCUT2D eigenvalue weighted by Crippen LogP contribution is -2.58. The summed E-state index contributed by atoms with van der Waals surface area (Å²) in [5.74, 6) is 0.591. The Labute approximate surface area is 107 Å². The Balaban J connectivity index is 1.51. The van der Waals surface area contributed by atoms with Crippen molar-refractivity contribution in [1.82, 2.24) is 4.90 Å². The number of likely N-dealkylation sites (tertiary alicyclic amines) is 1. The molecule has 0 aromatic carbocycles. The van der Waals surface area contributed by atoms with Crippen molar-refractivity contribution in [1.29, 1.82) is 0 Å². The quantitative estimate of drug-likeness (QED) is 0.878. The SMILES string of the molecule is CC(O)(C(=O)N1CC(Cc2ccoc2)C1)C1CC1. The van der Waals surface area contributed by atoms with Gasteiger partial charge in [-0.05, 0) is 49.7 Å². The molecule has 1 saturated carbocycles. The second kappa shape index (κ2) is 4.12. The maximum atomic E-state index is 12.1. The summed E-state index contributed by atoms with van der Waals surface area (Å²) < 4.78 is 5.03. The topological polar surface area (TPSA) is 53.7 Å².